The molecule has 23 heavy (non-hydrogen) atoms. The molecule has 0 amide bonds. The van der Waals surface area contributed by atoms with Gasteiger partial charge in [-0.3, -0.25) is 0 Å². The van der Waals surface area contributed by atoms with Crippen LogP contribution in [0, 0.1) is 0 Å². The molecule has 0 aliphatic heterocycles. The van der Waals surface area contributed by atoms with Gasteiger partial charge in [0.2, 0.25) is 0 Å². The number of aromatic nitrogens is 6. The van der Waals surface area contributed by atoms with E-state index in [9.17, 15) is 0 Å². The molecular weight excluding hydrogens is 358 g/mol. The molecule has 116 valence electrons. The average molecular weight is 372 g/mol. The van der Waals surface area contributed by atoms with Crippen LogP contribution in [0.3, 0.4) is 0 Å². The van der Waals surface area contributed by atoms with Crippen molar-refractivity contribution in [3.05, 3.63) is 52.8 Å². The number of imidazole rings is 1. The van der Waals surface area contributed by atoms with Gasteiger partial charge in [0.1, 0.15) is 17.8 Å². The van der Waals surface area contributed by atoms with Crippen LogP contribution >= 0.6 is 15.9 Å². The molecule has 0 atom stereocenters. The van der Waals surface area contributed by atoms with Crippen LogP contribution in [0.2, 0.25) is 0 Å². The van der Waals surface area contributed by atoms with Crippen LogP contribution in [0.1, 0.15) is 18.3 Å². The monoisotopic (exact) mass is 371 g/mol. The van der Waals surface area contributed by atoms with Gasteiger partial charge in [0.15, 0.2) is 0 Å². The molecule has 0 aliphatic carbocycles. The fourth-order valence-corrected chi connectivity index (χ4v) is 2.80. The van der Waals surface area contributed by atoms with Crippen molar-refractivity contribution in [1.82, 2.24) is 29.0 Å². The second-order valence-electron chi connectivity index (χ2n) is 5.16. The first kappa shape index (κ1) is 14.1. The molecule has 4 aromatic rings. The number of pyridine rings is 1. The summed E-state index contributed by atoms with van der Waals surface area (Å²) in [4.78, 5) is 13.2. The third kappa shape index (κ3) is 2.65. The van der Waals surface area contributed by atoms with Crippen molar-refractivity contribution in [2.24, 2.45) is 0 Å². The number of rotatable bonds is 4. The van der Waals surface area contributed by atoms with Crippen LogP contribution in [-0.2, 0) is 13.0 Å². The Morgan fingerprint density at radius 1 is 1.17 bits per heavy atom. The third-order valence-electron chi connectivity index (χ3n) is 3.58. The summed E-state index contributed by atoms with van der Waals surface area (Å²) in [6.45, 7) is 2.67. The highest BCUT2D eigenvalue weighted by molar-refractivity contribution is 9.10. The predicted molar refractivity (Wildman–Crippen MR) is 90.4 cm³/mol. The van der Waals surface area contributed by atoms with E-state index >= 15 is 0 Å². The summed E-state index contributed by atoms with van der Waals surface area (Å²) in [6, 6.07) is 5.95. The highest BCUT2D eigenvalue weighted by atomic mass is 79.9. The van der Waals surface area contributed by atoms with E-state index in [1.165, 1.54) is 6.33 Å². The minimum atomic E-state index is 0.599. The summed E-state index contributed by atoms with van der Waals surface area (Å²) in [6.07, 6.45) is 6.35. The molecule has 0 saturated heterocycles. The Labute approximate surface area is 140 Å². The van der Waals surface area contributed by atoms with E-state index in [4.69, 9.17) is 0 Å². The number of fused-ring (bicyclic) bond motifs is 2. The minimum Gasteiger partial charge on any atom is -0.364 e. The zero-order chi connectivity index (χ0) is 15.8. The molecule has 0 radical (unpaired) electrons. The lowest BCUT2D eigenvalue weighted by Gasteiger charge is -2.07. The van der Waals surface area contributed by atoms with E-state index in [0.717, 1.165) is 33.7 Å². The summed E-state index contributed by atoms with van der Waals surface area (Å²) < 4.78 is 4.72. The normalized spacial score (nSPS) is 11.4. The number of aryl methyl sites for hydroxylation is 1. The van der Waals surface area contributed by atoms with Crippen LogP contribution < -0.4 is 5.32 Å². The van der Waals surface area contributed by atoms with Gasteiger partial charge in [0, 0.05) is 28.6 Å². The maximum absolute atomic E-state index is 4.60. The lowest BCUT2D eigenvalue weighted by molar-refractivity contribution is 0.897. The quantitative estimate of drug-likeness (QED) is 0.596. The second kappa shape index (κ2) is 5.62. The van der Waals surface area contributed by atoms with Crippen molar-refractivity contribution in [2.75, 3.05) is 5.32 Å². The molecule has 0 saturated carbocycles. The number of nitrogens with zero attached hydrogens (tertiary/aromatic N) is 6. The van der Waals surface area contributed by atoms with Gasteiger partial charge in [-0.15, -0.1) is 0 Å². The molecular formula is C15H14BrN7. The molecule has 8 heteroatoms. The van der Waals surface area contributed by atoms with Crippen LogP contribution in [0.5, 0.6) is 0 Å². The number of anilines is 1. The summed E-state index contributed by atoms with van der Waals surface area (Å²) in [5.41, 5.74) is 2.85. The standard InChI is InChI=1S/C15H14BrN7/c1-2-11-5-14(23-15(21-11)18-9-19-23)17-6-12-8-22-7-10(16)3-4-13(22)20-12/h3-5,7-9,17H,2,6H2,1H3. The van der Waals surface area contributed by atoms with Crippen LogP contribution in [0.4, 0.5) is 5.82 Å². The molecule has 0 unspecified atom stereocenters. The first-order chi connectivity index (χ1) is 11.2. The zero-order valence-electron chi connectivity index (χ0n) is 12.4. The van der Waals surface area contributed by atoms with Crippen molar-refractivity contribution < 1.29 is 0 Å². The fraction of sp³-hybridized carbons (Fsp3) is 0.200. The van der Waals surface area contributed by atoms with Crippen LogP contribution in [0.15, 0.2) is 41.4 Å². The van der Waals surface area contributed by atoms with E-state index in [0.29, 0.717) is 12.3 Å². The first-order valence-electron chi connectivity index (χ1n) is 7.29. The zero-order valence-corrected chi connectivity index (χ0v) is 14.0. The molecule has 0 aliphatic rings. The van der Waals surface area contributed by atoms with Crippen LogP contribution in [0.25, 0.3) is 11.4 Å². The topological polar surface area (TPSA) is 72.4 Å². The van der Waals surface area contributed by atoms with E-state index in [2.05, 4.69) is 48.2 Å². The van der Waals surface area contributed by atoms with Crippen molar-refractivity contribution >= 4 is 33.2 Å². The van der Waals surface area contributed by atoms with E-state index < -0.39 is 0 Å². The number of halogens is 1. The Hall–Kier alpha value is -2.48. The molecule has 0 aromatic carbocycles. The lowest BCUT2D eigenvalue weighted by Crippen LogP contribution is -2.07. The van der Waals surface area contributed by atoms with Crippen molar-refractivity contribution in [3.8, 4) is 0 Å². The Morgan fingerprint density at radius 3 is 2.96 bits per heavy atom. The van der Waals surface area contributed by atoms with Gasteiger partial charge in [-0.2, -0.15) is 14.6 Å². The first-order valence-corrected chi connectivity index (χ1v) is 8.09. The van der Waals surface area contributed by atoms with Crippen molar-refractivity contribution in [3.63, 3.8) is 0 Å². The number of hydrogen-bond donors (Lipinski definition) is 1. The second-order valence-corrected chi connectivity index (χ2v) is 6.07. The van der Waals surface area contributed by atoms with Gasteiger partial charge < -0.3 is 9.72 Å². The summed E-state index contributed by atoms with van der Waals surface area (Å²) in [5.74, 6) is 1.47. The van der Waals surface area contributed by atoms with Gasteiger partial charge >= 0.3 is 0 Å². The molecule has 4 rings (SSSR count). The van der Waals surface area contributed by atoms with Gasteiger partial charge in [0.25, 0.3) is 5.78 Å². The highest BCUT2D eigenvalue weighted by Gasteiger charge is 2.08. The molecule has 0 bridgehead atoms. The van der Waals surface area contributed by atoms with E-state index in [1.807, 2.05) is 35.0 Å². The summed E-state index contributed by atoms with van der Waals surface area (Å²) in [5, 5.41) is 7.58. The van der Waals surface area contributed by atoms with Crippen LogP contribution in [-0.4, -0.2) is 29.0 Å². The molecule has 4 heterocycles. The molecule has 0 spiro atoms. The Kier molecular flexibility index (Phi) is 3.45. The molecule has 4 aromatic heterocycles. The van der Waals surface area contributed by atoms with Crippen molar-refractivity contribution in [2.45, 2.75) is 19.9 Å². The molecule has 0 fully saturated rings. The maximum Gasteiger partial charge on any atom is 0.254 e. The maximum atomic E-state index is 4.60. The Balaban J connectivity index is 1.63. The molecule has 1 N–H and O–H groups in total. The van der Waals surface area contributed by atoms with Gasteiger partial charge in [0.05, 0.1) is 12.2 Å². The highest BCUT2D eigenvalue weighted by Crippen LogP contribution is 2.15. The fourth-order valence-electron chi connectivity index (χ4n) is 2.45. The largest absolute Gasteiger partial charge is 0.364 e. The smallest absolute Gasteiger partial charge is 0.254 e. The Bertz CT molecular complexity index is 988. The van der Waals surface area contributed by atoms with Gasteiger partial charge in [-0.25, -0.2) is 9.97 Å². The minimum absolute atomic E-state index is 0.599. The van der Waals surface area contributed by atoms with Gasteiger partial charge in [-0.05, 0) is 34.5 Å². The van der Waals surface area contributed by atoms with E-state index in [1.54, 1.807) is 4.52 Å². The predicted octanol–water partition coefficient (Wildman–Crippen LogP) is 2.71. The lowest BCUT2D eigenvalue weighted by atomic mass is 10.3. The third-order valence-corrected chi connectivity index (χ3v) is 4.05. The SMILES string of the molecule is CCc1cc(NCc2cn3cc(Br)ccc3n2)n2ncnc2n1. The van der Waals surface area contributed by atoms with Crippen molar-refractivity contribution in [1.29, 1.82) is 0 Å². The number of nitrogens with one attached hydrogen (secondary N) is 1. The molecule has 7 nitrogen and oxygen atoms in total. The summed E-state index contributed by atoms with van der Waals surface area (Å²) in [7, 11) is 0. The average Bonchev–Trinajstić information content (AvgIpc) is 3.17. The Morgan fingerprint density at radius 2 is 2.09 bits per heavy atom. The van der Waals surface area contributed by atoms with Gasteiger partial charge in [-0.1, -0.05) is 6.92 Å². The summed E-state index contributed by atoms with van der Waals surface area (Å²) >= 11 is 3.47. The van der Waals surface area contributed by atoms with E-state index in [-0.39, 0.29) is 0 Å². The number of hydrogen-bond acceptors (Lipinski definition) is 5.